The molecule has 1 atom stereocenters. The highest BCUT2D eigenvalue weighted by molar-refractivity contribution is 6.14. The maximum Gasteiger partial charge on any atom is 0.330 e. The molecule has 1 aliphatic rings. The van der Waals surface area contributed by atoms with Gasteiger partial charge in [0.25, 0.3) is 5.91 Å². The second-order valence-electron chi connectivity index (χ2n) is 7.74. The molecule has 0 aromatic heterocycles. The summed E-state index contributed by atoms with van der Waals surface area (Å²) in [6, 6.07) is 16.9. The molecule has 0 saturated carbocycles. The summed E-state index contributed by atoms with van der Waals surface area (Å²) >= 11 is 0. The molecule has 0 fully saturated rings. The van der Waals surface area contributed by atoms with Crippen LogP contribution in [0.15, 0.2) is 72.5 Å². The molecule has 1 amide bonds. The molecular formula is C27H23NO8. The predicted octanol–water partition coefficient (Wildman–Crippen LogP) is 3.64. The Kier molecular flexibility index (Phi) is 7.20. The topological polar surface area (TPSA) is 120 Å². The van der Waals surface area contributed by atoms with Gasteiger partial charge < -0.3 is 29.4 Å². The maximum atomic E-state index is 12.8. The minimum Gasteiger partial charge on any atom is -0.497 e. The van der Waals surface area contributed by atoms with Gasteiger partial charge in [-0.15, -0.1) is 0 Å². The molecule has 36 heavy (non-hydrogen) atoms. The van der Waals surface area contributed by atoms with Crippen LogP contribution in [0, 0.1) is 0 Å². The minimum absolute atomic E-state index is 0.0959. The van der Waals surface area contributed by atoms with Gasteiger partial charge in [0.05, 0.1) is 19.8 Å². The van der Waals surface area contributed by atoms with Crippen molar-refractivity contribution in [2.75, 3.05) is 20.8 Å². The molecule has 0 radical (unpaired) electrons. The Morgan fingerprint density at radius 2 is 1.75 bits per heavy atom. The van der Waals surface area contributed by atoms with Crippen molar-refractivity contribution in [3.63, 3.8) is 0 Å². The largest absolute Gasteiger partial charge is 0.497 e. The molecule has 0 saturated heterocycles. The monoisotopic (exact) mass is 489 g/mol. The molecule has 1 aliphatic heterocycles. The van der Waals surface area contributed by atoms with Crippen LogP contribution in [0.4, 0.5) is 0 Å². The molecule has 184 valence electrons. The summed E-state index contributed by atoms with van der Waals surface area (Å²) in [6.45, 7) is -0.424. The number of ether oxygens (including phenoxy) is 4. The summed E-state index contributed by atoms with van der Waals surface area (Å²) in [4.78, 5) is 36.8. The number of allylic oxidation sites excluding steroid dienone is 1. The van der Waals surface area contributed by atoms with E-state index < -0.39 is 24.5 Å². The summed E-state index contributed by atoms with van der Waals surface area (Å²) in [5.41, 5.74) is 1.39. The number of carbonyl (C=O) groups is 3. The number of methoxy groups -OCH3 is 2. The van der Waals surface area contributed by atoms with Gasteiger partial charge in [-0.1, -0.05) is 30.3 Å². The number of carbonyl (C=O) groups excluding carboxylic acids is 2. The van der Waals surface area contributed by atoms with Gasteiger partial charge in [0.2, 0.25) is 5.78 Å². The van der Waals surface area contributed by atoms with E-state index in [1.165, 1.54) is 26.4 Å². The fraction of sp³-hybridized carbons (Fsp3) is 0.148. The summed E-state index contributed by atoms with van der Waals surface area (Å²) in [5, 5.41) is 11.9. The second kappa shape index (κ2) is 10.6. The summed E-state index contributed by atoms with van der Waals surface area (Å²) in [7, 11) is 3.06. The fourth-order valence-electron chi connectivity index (χ4n) is 3.64. The highest BCUT2D eigenvalue weighted by Crippen LogP contribution is 2.36. The summed E-state index contributed by atoms with van der Waals surface area (Å²) in [6.07, 6.45) is 1.56. The van der Waals surface area contributed by atoms with E-state index in [1.54, 1.807) is 60.7 Å². The molecular weight excluding hydrogens is 466 g/mol. The van der Waals surface area contributed by atoms with Crippen molar-refractivity contribution in [1.29, 1.82) is 0 Å². The van der Waals surface area contributed by atoms with E-state index in [-0.39, 0.29) is 23.0 Å². The van der Waals surface area contributed by atoms with Crippen LogP contribution in [0.1, 0.15) is 27.5 Å². The van der Waals surface area contributed by atoms with Gasteiger partial charge in [0, 0.05) is 11.6 Å². The van der Waals surface area contributed by atoms with Crippen LogP contribution in [0.3, 0.4) is 0 Å². The van der Waals surface area contributed by atoms with Crippen LogP contribution in [-0.4, -0.2) is 43.6 Å². The van der Waals surface area contributed by atoms with E-state index in [9.17, 15) is 19.5 Å². The Morgan fingerprint density at radius 1 is 1.00 bits per heavy atom. The molecule has 0 bridgehead atoms. The average molecular weight is 489 g/mol. The normalized spacial score (nSPS) is 13.9. The molecule has 3 aromatic carbocycles. The third-order valence-corrected chi connectivity index (χ3v) is 5.42. The highest BCUT2D eigenvalue weighted by atomic mass is 16.5. The second-order valence-corrected chi connectivity index (χ2v) is 7.74. The lowest BCUT2D eigenvalue weighted by molar-refractivity contribution is -0.142. The summed E-state index contributed by atoms with van der Waals surface area (Å²) in [5.74, 6) is -0.328. The quantitative estimate of drug-likeness (QED) is 0.437. The van der Waals surface area contributed by atoms with Crippen molar-refractivity contribution in [3.8, 4) is 23.0 Å². The Bertz CT molecular complexity index is 1330. The molecule has 9 nitrogen and oxygen atoms in total. The van der Waals surface area contributed by atoms with Crippen LogP contribution in [0.5, 0.6) is 23.0 Å². The number of aliphatic carboxylic acids is 1. The number of amides is 1. The van der Waals surface area contributed by atoms with Crippen LogP contribution < -0.4 is 24.3 Å². The lowest BCUT2D eigenvalue weighted by atomic mass is 10.1. The minimum atomic E-state index is -1.20. The fourth-order valence-corrected chi connectivity index (χ4v) is 3.64. The molecule has 0 unspecified atom stereocenters. The van der Waals surface area contributed by atoms with Crippen molar-refractivity contribution >= 4 is 23.7 Å². The van der Waals surface area contributed by atoms with E-state index in [4.69, 9.17) is 18.9 Å². The number of carboxylic acids is 1. The first kappa shape index (κ1) is 24.3. The van der Waals surface area contributed by atoms with Crippen molar-refractivity contribution in [1.82, 2.24) is 5.32 Å². The number of nitrogens with one attached hydrogen (secondary N) is 1. The number of rotatable bonds is 9. The standard InChI is InChI=1S/C27H23NO8/c1-33-18-9-11-21(34-2)17(12-18)13-23-26(30)20-10-8-19(14-22(20)36-23)35-15-24(29)28-25(27(31)32)16-6-4-3-5-7-16/h3-14,25H,15H2,1-2H3,(H,28,29)(H,31,32)/t25-/m1/s1. The van der Waals surface area contributed by atoms with Crippen LogP contribution in [0.25, 0.3) is 6.08 Å². The van der Waals surface area contributed by atoms with Gasteiger partial charge in [-0.2, -0.15) is 0 Å². The predicted molar refractivity (Wildman–Crippen MR) is 129 cm³/mol. The first-order valence-corrected chi connectivity index (χ1v) is 10.9. The average Bonchev–Trinajstić information content (AvgIpc) is 3.20. The molecule has 3 aromatic rings. The van der Waals surface area contributed by atoms with Gasteiger partial charge >= 0.3 is 5.97 Å². The third kappa shape index (κ3) is 5.30. The van der Waals surface area contributed by atoms with E-state index in [0.717, 1.165) is 0 Å². The van der Waals surface area contributed by atoms with Crippen molar-refractivity contribution in [2.24, 2.45) is 0 Å². The van der Waals surface area contributed by atoms with E-state index in [2.05, 4.69) is 5.32 Å². The Morgan fingerprint density at radius 3 is 2.44 bits per heavy atom. The molecule has 9 heteroatoms. The Balaban J connectivity index is 1.44. The van der Waals surface area contributed by atoms with Crippen molar-refractivity contribution in [3.05, 3.63) is 89.2 Å². The Labute approximate surface area is 206 Å². The number of Topliss-reactive ketones (excluding diaryl/α,β-unsaturated/α-hetero) is 1. The SMILES string of the molecule is COc1ccc(OC)c(C=C2Oc3cc(OCC(=O)N[C@@H](C(=O)O)c4ccccc4)ccc3C2=O)c1. The smallest absolute Gasteiger partial charge is 0.330 e. The lowest BCUT2D eigenvalue weighted by Crippen LogP contribution is -2.36. The van der Waals surface area contributed by atoms with Crippen LogP contribution in [-0.2, 0) is 9.59 Å². The van der Waals surface area contributed by atoms with Gasteiger partial charge in [0.1, 0.15) is 23.0 Å². The van der Waals surface area contributed by atoms with Crippen LogP contribution in [0.2, 0.25) is 0 Å². The first-order chi connectivity index (χ1) is 17.4. The number of benzene rings is 3. The molecule has 1 heterocycles. The van der Waals surface area contributed by atoms with Crippen molar-refractivity contribution < 1.29 is 38.4 Å². The number of hydrogen-bond donors (Lipinski definition) is 2. The first-order valence-electron chi connectivity index (χ1n) is 10.9. The van der Waals surface area contributed by atoms with Gasteiger partial charge in [-0.25, -0.2) is 4.79 Å². The number of hydrogen-bond acceptors (Lipinski definition) is 7. The van der Waals surface area contributed by atoms with Crippen LogP contribution >= 0.6 is 0 Å². The molecule has 4 rings (SSSR count). The zero-order chi connectivity index (χ0) is 25.7. The number of fused-ring (bicyclic) bond motifs is 1. The Hall–Kier alpha value is -4.79. The zero-order valence-electron chi connectivity index (χ0n) is 19.5. The zero-order valence-corrected chi connectivity index (χ0v) is 19.5. The van der Waals surface area contributed by atoms with E-state index in [0.29, 0.717) is 28.2 Å². The summed E-state index contributed by atoms with van der Waals surface area (Å²) < 4.78 is 21.9. The third-order valence-electron chi connectivity index (χ3n) is 5.42. The van der Waals surface area contributed by atoms with Gasteiger partial charge in [0.15, 0.2) is 18.4 Å². The number of ketones is 1. The number of carboxylic acid groups (broad SMARTS) is 1. The van der Waals surface area contributed by atoms with Gasteiger partial charge in [-0.3, -0.25) is 9.59 Å². The molecule has 0 spiro atoms. The maximum absolute atomic E-state index is 12.8. The molecule has 2 N–H and O–H groups in total. The molecule has 0 aliphatic carbocycles. The van der Waals surface area contributed by atoms with E-state index >= 15 is 0 Å². The van der Waals surface area contributed by atoms with E-state index in [1.807, 2.05) is 0 Å². The van der Waals surface area contributed by atoms with Gasteiger partial charge in [-0.05, 0) is 42.0 Å². The lowest BCUT2D eigenvalue weighted by Gasteiger charge is -2.15. The van der Waals surface area contributed by atoms with Crippen molar-refractivity contribution in [2.45, 2.75) is 6.04 Å². The highest BCUT2D eigenvalue weighted by Gasteiger charge is 2.28.